The quantitative estimate of drug-likeness (QED) is 0.874. The predicted octanol–water partition coefficient (Wildman–Crippen LogP) is 0.468. The van der Waals surface area contributed by atoms with Gasteiger partial charge in [-0.2, -0.15) is 5.10 Å². The maximum atomic E-state index is 12.2. The SMILES string of the molecule is COC1CCN(c2cnn(CC3CCCNC3)c(=O)c2)C1. The second-order valence-electron chi connectivity index (χ2n) is 6.04. The van der Waals surface area contributed by atoms with E-state index in [1.165, 1.54) is 12.8 Å². The second kappa shape index (κ2) is 6.58. The van der Waals surface area contributed by atoms with Crippen molar-refractivity contribution in [1.29, 1.82) is 0 Å². The van der Waals surface area contributed by atoms with E-state index in [1.54, 1.807) is 17.9 Å². The third-order valence-electron chi connectivity index (χ3n) is 4.53. The first-order valence-corrected chi connectivity index (χ1v) is 7.82. The maximum Gasteiger partial charge on any atom is 0.268 e. The van der Waals surface area contributed by atoms with Crippen LogP contribution in [0.2, 0.25) is 0 Å². The van der Waals surface area contributed by atoms with Crippen LogP contribution in [0.25, 0.3) is 0 Å². The Morgan fingerprint density at radius 3 is 3.05 bits per heavy atom. The van der Waals surface area contributed by atoms with Gasteiger partial charge in [0.2, 0.25) is 0 Å². The molecule has 0 aliphatic carbocycles. The highest BCUT2D eigenvalue weighted by atomic mass is 16.5. The Morgan fingerprint density at radius 1 is 1.48 bits per heavy atom. The van der Waals surface area contributed by atoms with Gasteiger partial charge in [-0.1, -0.05) is 0 Å². The number of nitrogens with one attached hydrogen (secondary N) is 1. The highest BCUT2D eigenvalue weighted by Crippen LogP contribution is 2.19. The molecule has 3 heterocycles. The Bertz CT molecular complexity index is 525. The van der Waals surface area contributed by atoms with E-state index in [1.807, 2.05) is 6.20 Å². The van der Waals surface area contributed by atoms with Crippen molar-refractivity contribution in [3.05, 3.63) is 22.6 Å². The van der Waals surface area contributed by atoms with Gasteiger partial charge in [-0.05, 0) is 38.3 Å². The molecule has 2 fully saturated rings. The molecule has 6 nitrogen and oxygen atoms in total. The minimum absolute atomic E-state index is 0.000981. The van der Waals surface area contributed by atoms with E-state index in [9.17, 15) is 4.79 Å². The lowest BCUT2D eigenvalue weighted by Gasteiger charge is -2.23. The van der Waals surface area contributed by atoms with Crippen molar-refractivity contribution in [3.63, 3.8) is 0 Å². The Labute approximate surface area is 125 Å². The van der Waals surface area contributed by atoms with Gasteiger partial charge in [-0.3, -0.25) is 4.79 Å². The first kappa shape index (κ1) is 14.5. The van der Waals surface area contributed by atoms with E-state index in [2.05, 4.69) is 15.3 Å². The summed E-state index contributed by atoms with van der Waals surface area (Å²) in [5, 5.41) is 7.74. The molecule has 116 valence electrons. The van der Waals surface area contributed by atoms with Crippen LogP contribution in [0.1, 0.15) is 19.3 Å². The van der Waals surface area contributed by atoms with Crippen LogP contribution < -0.4 is 15.8 Å². The number of hydrogen-bond donors (Lipinski definition) is 1. The van der Waals surface area contributed by atoms with Crippen molar-refractivity contribution >= 4 is 5.69 Å². The van der Waals surface area contributed by atoms with E-state index in [0.29, 0.717) is 12.5 Å². The molecule has 0 amide bonds. The Balaban J connectivity index is 1.66. The van der Waals surface area contributed by atoms with Gasteiger partial charge in [-0.15, -0.1) is 0 Å². The van der Waals surface area contributed by atoms with Gasteiger partial charge in [0.25, 0.3) is 5.56 Å². The van der Waals surface area contributed by atoms with E-state index in [0.717, 1.165) is 38.3 Å². The van der Waals surface area contributed by atoms with Crippen molar-refractivity contribution in [2.75, 3.05) is 38.2 Å². The number of nitrogens with zero attached hydrogens (tertiary/aromatic N) is 3. The number of piperidine rings is 1. The molecule has 2 aliphatic heterocycles. The summed E-state index contributed by atoms with van der Waals surface area (Å²) >= 11 is 0. The lowest BCUT2D eigenvalue weighted by molar-refractivity contribution is 0.121. The highest BCUT2D eigenvalue weighted by molar-refractivity contribution is 5.44. The molecule has 0 radical (unpaired) electrons. The van der Waals surface area contributed by atoms with Crippen LogP contribution in [0.3, 0.4) is 0 Å². The molecule has 0 aromatic carbocycles. The number of methoxy groups -OCH3 is 1. The van der Waals surface area contributed by atoms with Crippen LogP contribution in [0.5, 0.6) is 0 Å². The fourth-order valence-corrected chi connectivity index (χ4v) is 3.21. The lowest BCUT2D eigenvalue weighted by Crippen LogP contribution is -2.35. The average Bonchev–Trinajstić information content (AvgIpc) is 2.99. The molecule has 2 atom stereocenters. The standard InChI is InChI=1S/C15H24N4O2/c1-21-14-4-6-18(11-14)13-7-15(20)19(17-9-13)10-12-3-2-5-16-8-12/h7,9,12,14,16H,2-6,8,10-11H2,1H3. The Kier molecular flexibility index (Phi) is 4.55. The van der Waals surface area contributed by atoms with Crippen molar-refractivity contribution < 1.29 is 4.74 Å². The van der Waals surface area contributed by atoms with Gasteiger partial charge in [0.05, 0.1) is 18.0 Å². The van der Waals surface area contributed by atoms with Crippen LogP contribution in [0.15, 0.2) is 17.1 Å². The minimum atomic E-state index is -0.000981. The van der Waals surface area contributed by atoms with Gasteiger partial charge < -0.3 is 15.0 Å². The zero-order valence-corrected chi connectivity index (χ0v) is 12.6. The molecule has 1 aromatic rings. The van der Waals surface area contributed by atoms with Crippen molar-refractivity contribution in [2.24, 2.45) is 5.92 Å². The lowest BCUT2D eigenvalue weighted by atomic mass is 10.00. The van der Waals surface area contributed by atoms with Crippen LogP contribution in [-0.2, 0) is 11.3 Å². The molecular formula is C15H24N4O2. The molecule has 1 N–H and O–H groups in total. The summed E-state index contributed by atoms with van der Waals surface area (Å²) < 4.78 is 6.97. The molecule has 0 saturated carbocycles. The number of ether oxygens (including phenoxy) is 1. The first-order valence-electron chi connectivity index (χ1n) is 7.82. The van der Waals surface area contributed by atoms with Crippen LogP contribution >= 0.6 is 0 Å². The van der Waals surface area contributed by atoms with E-state index >= 15 is 0 Å². The summed E-state index contributed by atoms with van der Waals surface area (Å²) in [6.07, 6.45) is 5.44. The van der Waals surface area contributed by atoms with Gasteiger partial charge in [0, 0.05) is 32.8 Å². The Morgan fingerprint density at radius 2 is 2.38 bits per heavy atom. The number of rotatable bonds is 4. The van der Waals surface area contributed by atoms with Gasteiger partial charge in [-0.25, -0.2) is 4.68 Å². The molecular weight excluding hydrogens is 268 g/mol. The van der Waals surface area contributed by atoms with E-state index in [-0.39, 0.29) is 11.7 Å². The third kappa shape index (κ3) is 3.44. The van der Waals surface area contributed by atoms with Crippen LogP contribution in [-0.4, -0.2) is 49.2 Å². The zero-order chi connectivity index (χ0) is 14.7. The molecule has 2 saturated heterocycles. The number of hydrogen-bond acceptors (Lipinski definition) is 5. The summed E-state index contributed by atoms with van der Waals surface area (Å²) in [5.41, 5.74) is 0.913. The van der Waals surface area contributed by atoms with Gasteiger partial charge in [0.1, 0.15) is 0 Å². The monoisotopic (exact) mass is 292 g/mol. The van der Waals surface area contributed by atoms with E-state index < -0.39 is 0 Å². The third-order valence-corrected chi connectivity index (χ3v) is 4.53. The summed E-state index contributed by atoms with van der Waals surface area (Å²) in [6.45, 7) is 4.56. The summed E-state index contributed by atoms with van der Waals surface area (Å²) in [4.78, 5) is 14.4. The molecule has 0 bridgehead atoms. The maximum absolute atomic E-state index is 12.2. The summed E-state index contributed by atoms with van der Waals surface area (Å²) in [5.74, 6) is 0.513. The Hall–Kier alpha value is -1.40. The topological polar surface area (TPSA) is 59.4 Å². The minimum Gasteiger partial charge on any atom is -0.380 e. The smallest absolute Gasteiger partial charge is 0.268 e. The van der Waals surface area contributed by atoms with E-state index in [4.69, 9.17) is 4.74 Å². The normalized spacial score (nSPS) is 26.2. The molecule has 21 heavy (non-hydrogen) atoms. The van der Waals surface area contributed by atoms with Crippen molar-refractivity contribution in [1.82, 2.24) is 15.1 Å². The fraction of sp³-hybridized carbons (Fsp3) is 0.733. The summed E-state index contributed by atoms with van der Waals surface area (Å²) in [7, 11) is 1.74. The number of anilines is 1. The van der Waals surface area contributed by atoms with Gasteiger partial charge >= 0.3 is 0 Å². The molecule has 0 spiro atoms. The largest absolute Gasteiger partial charge is 0.380 e. The number of aromatic nitrogens is 2. The van der Waals surface area contributed by atoms with Crippen LogP contribution in [0, 0.1) is 5.92 Å². The molecule has 2 aliphatic rings. The fourth-order valence-electron chi connectivity index (χ4n) is 3.21. The van der Waals surface area contributed by atoms with Crippen molar-refractivity contribution in [3.8, 4) is 0 Å². The first-order chi connectivity index (χ1) is 10.3. The van der Waals surface area contributed by atoms with Crippen molar-refractivity contribution in [2.45, 2.75) is 31.9 Å². The zero-order valence-electron chi connectivity index (χ0n) is 12.6. The van der Waals surface area contributed by atoms with Gasteiger partial charge in [0.15, 0.2) is 0 Å². The highest BCUT2D eigenvalue weighted by Gasteiger charge is 2.23. The average molecular weight is 292 g/mol. The molecule has 6 heteroatoms. The van der Waals surface area contributed by atoms with Crippen LogP contribution in [0.4, 0.5) is 5.69 Å². The predicted molar refractivity (Wildman–Crippen MR) is 81.7 cm³/mol. The molecule has 3 rings (SSSR count). The second-order valence-corrected chi connectivity index (χ2v) is 6.04. The molecule has 1 aromatic heterocycles. The summed E-state index contributed by atoms with van der Waals surface area (Å²) in [6, 6.07) is 1.71. The molecule has 2 unspecified atom stereocenters.